The second kappa shape index (κ2) is 7.55. The number of hydrogen-bond donors (Lipinski definition) is 0. The van der Waals surface area contributed by atoms with Crippen molar-refractivity contribution in [3.05, 3.63) is 0 Å². The van der Waals surface area contributed by atoms with Crippen LogP contribution in [0.25, 0.3) is 0 Å². The summed E-state index contributed by atoms with van der Waals surface area (Å²) in [6, 6.07) is -1.92. The van der Waals surface area contributed by atoms with Crippen molar-refractivity contribution in [1.82, 2.24) is 9.80 Å². The van der Waals surface area contributed by atoms with Crippen molar-refractivity contribution in [2.75, 3.05) is 6.54 Å². The van der Waals surface area contributed by atoms with Crippen molar-refractivity contribution in [1.29, 1.82) is 0 Å². The van der Waals surface area contributed by atoms with Crippen molar-refractivity contribution >= 4 is 18.0 Å². The number of hydrogen-bond acceptors (Lipinski definition) is 5. The molecule has 31 heavy (non-hydrogen) atoms. The summed E-state index contributed by atoms with van der Waals surface area (Å²) in [6.07, 6.45) is -6.77. The molecule has 2 unspecified atom stereocenters. The molecule has 176 valence electrons. The lowest BCUT2D eigenvalue weighted by molar-refractivity contribution is -0.171. The van der Waals surface area contributed by atoms with Crippen molar-refractivity contribution in [2.45, 2.75) is 96.8 Å². The predicted octanol–water partition coefficient (Wildman–Crippen LogP) is 3.51. The van der Waals surface area contributed by atoms with Crippen molar-refractivity contribution in [3.63, 3.8) is 0 Å². The summed E-state index contributed by atoms with van der Waals surface area (Å²) in [5, 5.41) is 0. The molecule has 3 aliphatic rings. The minimum atomic E-state index is -4.64. The summed E-state index contributed by atoms with van der Waals surface area (Å²) in [7, 11) is 0. The van der Waals surface area contributed by atoms with Crippen LogP contribution in [-0.2, 0) is 19.1 Å². The van der Waals surface area contributed by atoms with Gasteiger partial charge in [-0.25, -0.2) is 4.79 Å². The molecule has 0 N–H and O–H groups in total. The number of esters is 1. The summed E-state index contributed by atoms with van der Waals surface area (Å²) in [5.41, 5.74) is -1.61. The van der Waals surface area contributed by atoms with Gasteiger partial charge in [0, 0.05) is 6.54 Å². The molecule has 3 heterocycles. The molecule has 3 aliphatic heterocycles. The van der Waals surface area contributed by atoms with Crippen LogP contribution in [0.15, 0.2) is 0 Å². The van der Waals surface area contributed by atoms with Crippen LogP contribution in [0.2, 0.25) is 0 Å². The molecule has 2 amide bonds. The molecule has 10 heteroatoms. The third-order valence-corrected chi connectivity index (χ3v) is 5.92. The van der Waals surface area contributed by atoms with Crippen LogP contribution in [0, 0.1) is 11.3 Å². The Bertz CT molecular complexity index is 756. The number of carbonyl (C=O) groups is 3. The summed E-state index contributed by atoms with van der Waals surface area (Å²) in [6.45, 7) is 10.3. The van der Waals surface area contributed by atoms with Crippen LogP contribution in [0.3, 0.4) is 0 Å². The summed E-state index contributed by atoms with van der Waals surface area (Å²) in [5.74, 6) is -1.66. The topological polar surface area (TPSA) is 76.2 Å². The molecule has 3 bridgehead atoms. The lowest BCUT2D eigenvalue weighted by Gasteiger charge is -2.46. The molecule has 3 rings (SSSR count). The Morgan fingerprint density at radius 3 is 2.06 bits per heavy atom. The van der Waals surface area contributed by atoms with Gasteiger partial charge in [0.2, 0.25) is 5.91 Å². The first-order valence-corrected chi connectivity index (χ1v) is 10.6. The smallest absolute Gasteiger partial charge is 0.410 e. The molecule has 0 aromatic carbocycles. The minimum absolute atomic E-state index is 0.0690. The molecule has 0 saturated carbocycles. The second-order valence-electron chi connectivity index (χ2n) is 10.8. The zero-order valence-corrected chi connectivity index (χ0v) is 18.8. The van der Waals surface area contributed by atoms with Gasteiger partial charge < -0.3 is 14.4 Å². The summed E-state index contributed by atoms with van der Waals surface area (Å²) < 4.78 is 50.2. The number of ether oxygens (including phenoxy) is 2. The molecule has 5 atom stereocenters. The summed E-state index contributed by atoms with van der Waals surface area (Å²) >= 11 is 0. The largest absolute Gasteiger partial charge is 0.457 e. The van der Waals surface area contributed by atoms with Crippen LogP contribution in [0.1, 0.15) is 60.8 Å². The van der Waals surface area contributed by atoms with E-state index in [1.54, 1.807) is 41.5 Å². The maximum absolute atomic E-state index is 13.0. The average Bonchev–Trinajstić information content (AvgIpc) is 2.66. The Hall–Kier alpha value is -2.00. The maximum Gasteiger partial charge on any atom is 0.410 e. The van der Waals surface area contributed by atoms with Gasteiger partial charge >= 0.3 is 18.2 Å². The van der Waals surface area contributed by atoms with Gasteiger partial charge in [0.1, 0.15) is 18.1 Å². The van der Waals surface area contributed by atoms with E-state index in [4.69, 9.17) is 9.47 Å². The number of carbonyl (C=O) groups excluding carboxylic acids is 3. The van der Waals surface area contributed by atoms with E-state index in [0.29, 0.717) is 12.8 Å². The van der Waals surface area contributed by atoms with Crippen LogP contribution < -0.4 is 0 Å². The highest BCUT2D eigenvalue weighted by Crippen LogP contribution is 2.48. The van der Waals surface area contributed by atoms with E-state index < -0.39 is 65.8 Å². The number of fused-ring (bicyclic) bond motifs is 2. The van der Waals surface area contributed by atoms with Gasteiger partial charge in [0.05, 0.1) is 23.5 Å². The molecular formula is C21H31F3N2O5. The Morgan fingerprint density at radius 1 is 0.968 bits per heavy atom. The van der Waals surface area contributed by atoms with E-state index >= 15 is 0 Å². The van der Waals surface area contributed by atoms with Crippen molar-refractivity contribution in [2.24, 2.45) is 11.3 Å². The summed E-state index contributed by atoms with van der Waals surface area (Å²) in [4.78, 5) is 40.9. The Kier molecular flexibility index (Phi) is 5.76. The van der Waals surface area contributed by atoms with Gasteiger partial charge in [-0.3, -0.25) is 14.5 Å². The molecule has 0 radical (unpaired) electrons. The third-order valence-electron chi connectivity index (χ3n) is 5.92. The van der Waals surface area contributed by atoms with E-state index in [1.165, 1.54) is 9.80 Å². The van der Waals surface area contributed by atoms with E-state index in [9.17, 15) is 27.6 Å². The number of halogens is 3. The quantitative estimate of drug-likeness (QED) is 0.605. The maximum atomic E-state index is 13.0. The molecule has 3 saturated heterocycles. The average molecular weight is 448 g/mol. The van der Waals surface area contributed by atoms with Gasteiger partial charge in [-0.15, -0.1) is 0 Å². The fourth-order valence-electron chi connectivity index (χ4n) is 4.80. The molecular weight excluding hydrogens is 417 g/mol. The van der Waals surface area contributed by atoms with Gasteiger partial charge in [-0.1, -0.05) is 0 Å². The Labute approximate surface area is 180 Å². The van der Waals surface area contributed by atoms with Crippen LogP contribution in [0.5, 0.6) is 0 Å². The van der Waals surface area contributed by atoms with Gasteiger partial charge in [0.15, 0.2) is 0 Å². The number of alkyl halides is 3. The molecule has 3 fully saturated rings. The van der Waals surface area contributed by atoms with Crippen molar-refractivity contribution < 1.29 is 37.0 Å². The Morgan fingerprint density at radius 2 is 1.55 bits per heavy atom. The zero-order chi connectivity index (χ0) is 23.5. The van der Waals surface area contributed by atoms with Crippen LogP contribution in [-0.4, -0.2) is 70.3 Å². The van der Waals surface area contributed by atoms with Gasteiger partial charge in [0.25, 0.3) is 0 Å². The third kappa shape index (κ3) is 4.92. The molecule has 0 aliphatic carbocycles. The number of rotatable bonds is 2. The molecule has 0 aromatic heterocycles. The zero-order valence-electron chi connectivity index (χ0n) is 18.8. The number of amides is 2. The number of piperidine rings is 2. The molecule has 0 aromatic rings. The first-order chi connectivity index (χ1) is 14.0. The van der Waals surface area contributed by atoms with Crippen LogP contribution in [0.4, 0.5) is 18.0 Å². The monoisotopic (exact) mass is 448 g/mol. The molecule has 0 spiro atoms. The number of nitrogens with zero attached hydrogens (tertiary/aromatic N) is 2. The minimum Gasteiger partial charge on any atom is -0.457 e. The fourth-order valence-corrected chi connectivity index (χ4v) is 4.80. The molecule has 7 nitrogen and oxygen atoms in total. The van der Waals surface area contributed by atoms with Gasteiger partial charge in [-0.2, -0.15) is 13.2 Å². The second-order valence-corrected chi connectivity index (χ2v) is 10.8. The normalized spacial score (nSPS) is 30.4. The van der Waals surface area contributed by atoms with Crippen molar-refractivity contribution in [3.8, 4) is 0 Å². The van der Waals surface area contributed by atoms with Gasteiger partial charge in [-0.05, 0) is 60.3 Å². The highest BCUT2D eigenvalue weighted by atomic mass is 19.4. The SMILES string of the molecule is CC(C)(C)OC(=O)N1[C@@H]2CC3C[C@H]1[C@H](OC(=O)C(C)(C)C)C2N(C(=O)CC(F)(F)F)C3. The van der Waals surface area contributed by atoms with E-state index in [0.717, 1.165) is 0 Å². The van der Waals surface area contributed by atoms with E-state index in [2.05, 4.69) is 0 Å². The lowest BCUT2D eigenvalue weighted by Crippen LogP contribution is -2.59. The number of likely N-dealkylation sites (tertiary alicyclic amines) is 1. The fraction of sp³-hybridized carbons (Fsp3) is 0.857. The highest BCUT2D eigenvalue weighted by molar-refractivity contribution is 5.79. The van der Waals surface area contributed by atoms with E-state index in [1.807, 2.05) is 0 Å². The predicted molar refractivity (Wildman–Crippen MR) is 104 cm³/mol. The first-order valence-electron chi connectivity index (χ1n) is 10.6. The van der Waals surface area contributed by atoms with Crippen LogP contribution >= 0.6 is 0 Å². The highest BCUT2D eigenvalue weighted by Gasteiger charge is 2.63. The standard InChI is InChI=1S/C21H31F3N2O5/c1-19(2,3)17(28)30-16-13-8-11-7-12(26(13)18(29)31-20(4,5)6)15(16)25(10-11)14(27)9-21(22,23)24/h11-13,15-16H,7-10H2,1-6H3/t11?,12-,13+,15?,16+/m1/s1. The van der Waals surface area contributed by atoms with E-state index in [-0.39, 0.29) is 12.5 Å². The lowest BCUT2D eigenvalue weighted by atomic mass is 9.86. The Balaban J connectivity index is 1.95. The first kappa shape index (κ1) is 23.7.